The van der Waals surface area contributed by atoms with Gasteiger partial charge in [0.15, 0.2) is 0 Å². The Balaban J connectivity index is 2.00. The van der Waals surface area contributed by atoms with Crippen molar-refractivity contribution in [1.82, 2.24) is 5.32 Å². The molecule has 3 N–H and O–H groups in total. The van der Waals surface area contributed by atoms with E-state index in [0.29, 0.717) is 11.3 Å². The normalized spacial score (nSPS) is 16.8. The second-order valence-corrected chi connectivity index (χ2v) is 6.42. The van der Waals surface area contributed by atoms with E-state index in [1.807, 2.05) is 0 Å². The minimum atomic E-state index is -4.45. The number of likely N-dealkylation sites (N-methyl/N-ethyl adjacent to an activating group) is 1. The van der Waals surface area contributed by atoms with Gasteiger partial charge in [-0.2, -0.15) is 13.2 Å². The summed E-state index contributed by atoms with van der Waals surface area (Å²) >= 11 is 0. The lowest BCUT2D eigenvalue weighted by Crippen LogP contribution is -2.53. The number of amides is 3. The Morgan fingerprint density at radius 1 is 1.19 bits per heavy atom. The Morgan fingerprint density at radius 3 is 2.52 bits per heavy atom. The van der Waals surface area contributed by atoms with Crippen molar-refractivity contribution < 1.29 is 22.8 Å². The summed E-state index contributed by atoms with van der Waals surface area (Å²) in [5, 5.41) is 2.40. The molecule has 1 aliphatic heterocycles. The first-order valence-corrected chi connectivity index (χ1v) is 8.28. The number of nitrogens with two attached hydrogens (primary N) is 1. The van der Waals surface area contributed by atoms with Crippen LogP contribution in [0.4, 0.5) is 23.7 Å². The van der Waals surface area contributed by atoms with Crippen LogP contribution in [0.3, 0.4) is 0 Å². The number of hydrogen-bond donors (Lipinski definition) is 2. The molecule has 0 bridgehead atoms. The largest absolute Gasteiger partial charge is 0.416 e. The van der Waals surface area contributed by atoms with Crippen LogP contribution in [0.15, 0.2) is 42.5 Å². The van der Waals surface area contributed by atoms with Gasteiger partial charge in [0.25, 0.3) is 0 Å². The molecule has 2 aromatic rings. The van der Waals surface area contributed by atoms with Crippen LogP contribution >= 0.6 is 0 Å². The van der Waals surface area contributed by atoms with Gasteiger partial charge in [-0.15, -0.1) is 0 Å². The molecule has 0 radical (unpaired) electrons. The first-order chi connectivity index (χ1) is 12.7. The van der Waals surface area contributed by atoms with E-state index in [-0.39, 0.29) is 24.3 Å². The molecule has 8 heteroatoms. The molecule has 0 aliphatic carbocycles. The van der Waals surface area contributed by atoms with E-state index >= 15 is 0 Å². The fourth-order valence-electron chi connectivity index (χ4n) is 3.47. The summed E-state index contributed by atoms with van der Waals surface area (Å²) in [5.74, 6) is -0.363. The average Bonchev–Trinajstić information content (AvgIpc) is 2.58. The van der Waals surface area contributed by atoms with Crippen LogP contribution in [0.25, 0.3) is 0 Å². The molecule has 0 spiro atoms. The second-order valence-electron chi connectivity index (χ2n) is 6.42. The van der Waals surface area contributed by atoms with Gasteiger partial charge in [0.1, 0.15) is 6.04 Å². The summed E-state index contributed by atoms with van der Waals surface area (Å²) in [6.45, 7) is 0. The Labute approximate surface area is 154 Å². The third-order valence-corrected chi connectivity index (χ3v) is 4.61. The summed E-state index contributed by atoms with van der Waals surface area (Å²) in [7, 11) is 1.54. The third kappa shape index (κ3) is 3.74. The molecule has 3 amide bonds. The molecule has 27 heavy (non-hydrogen) atoms. The summed E-state index contributed by atoms with van der Waals surface area (Å²) in [4.78, 5) is 25.0. The molecule has 142 valence electrons. The van der Waals surface area contributed by atoms with Crippen molar-refractivity contribution in [2.24, 2.45) is 5.73 Å². The molecule has 0 saturated heterocycles. The Kier molecular flexibility index (Phi) is 4.82. The third-order valence-electron chi connectivity index (χ3n) is 4.61. The molecule has 0 saturated carbocycles. The van der Waals surface area contributed by atoms with E-state index in [9.17, 15) is 22.8 Å². The fourth-order valence-corrected chi connectivity index (χ4v) is 3.47. The van der Waals surface area contributed by atoms with Crippen LogP contribution in [0, 0.1) is 0 Å². The van der Waals surface area contributed by atoms with Gasteiger partial charge in [-0.25, -0.2) is 4.79 Å². The van der Waals surface area contributed by atoms with Crippen molar-refractivity contribution in [2.75, 3.05) is 11.9 Å². The minimum absolute atomic E-state index is 0.0321. The molecule has 5 nitrogen and oxygen atoms in total. The van der Waals surface area contributed by atoms with Crippen LogP contribution in [0.1, 0.15) is 22.3 Å². The molecule has 1 aliphatic rings. The van der Waals surface area contributed by atoms with Crippen LogP contribution < -0.4 is 16.0 Å². The number of hydrogen-bond acceptors (Lipinski definition) is 2. The van der Waals surface area contributed by atoms with Crippen molar-refractivity contribution in [3.05, 3.63) is 64.7 Å². The highest BCUT2D eigenvalue weighted by Gasteiger charge is 2.35. The first kappa shape index (κ1) is 18.8. The lowest BCUT2D eigenvalue weighted by atomic mass is 9.91. The molecule has 0 unspecified atom stereocenters. The monoisotopic (exact) mass is 377 g/mol. The Bertz CT molecular complexity index is 896. The predicted molar refractivity (Wildman–Crippen MR) is 94.3 cm³/mol. The number of fused-ring (bicyclic) bond motifs is 1. The molecule has 0 fully saturated rings. The van der Waals surface area contributed by atoms with E-state index < -0.39 is 23.8 Å². The van der Waals surface area contributed by atoms with Gasteiger partial charge in [-0.05, 0) is 22.8 Å². The van der Waals surface area contributed by atoms with E-state index in [2.05, 4.69) is 5.32 Å². The highest BCUT2D eigenvalue weighted by atomic mass is 19.4. The summed E-state index contributed by atoms with van der Waals surface area (Å²) in [6, 6.07) is 9.01. The second kappa shape index (κ2) is 6.94. The van der Waals surface area contributed by atoms with E-state index in [0.717, 1.165) is 11.6 Å². The van der Waals surface area contributed by atoms with Gasteiger partial charge in [0.05, 0.1) is 11.3 Å². The maximum absolute atomic E-state index is 13.3. The number of carbonyl (C=O) groups is 2. The molecule has 1 heterocycles. The topological polar surface area (TPSA) is 75.4 Å². The number of para-hydroxylation sites is 1. The minimum Gasteiger partial charge on any atom is -0.352 e. The molecule has 0 aromatic heterocycles. The summed E-state index contributed by atoms with van der Waals surface area (Å²) < 4.78 is 39.9. The van der Waals surface area contributed by atoms with Crippen LogP contribution in [-0.2, 0) is 23.8 Å². The highest BCUT2D eigenvalue weighted by molar-refractivity contribution is 6.02. The van der Waals surface area contributed by atoms with Gasteiger partial charge in [0, 0.05) is 19.9 Å². The molecular weight excluding hydrogens is 359 g/mol. The summed E-state index contributed by atoms with van der Waals surface area (Å²) in [6.07, 6.45) is -4.19. The van der Waals surface area contributed by atoms with Crippen molar-refractivity contribution in [3.8, 4) is 0 Å². The van der Waals surface area contributed by atoms with E-state index in [1.54, 1.807) is 24.3 Å². The zero-order valence-electron chi connectivity index (χ0n) is 14.5. The lowest BCUT2D eigenvalue weighted by Gasteiger charge is -2.33. The molecule has 3 rings (SSSR count). The Morgan fingerprint density at radius 2 is 1.85 bits per heavy atom. The zero-order valence-corrected chi connectivity index (χ0v) is 14.5. The first-order valence-electron chi connectivity index (χ1n) is 8.28. The van der Waals surface area contributed by atoms with Gasteiger partial charge < -0.3 is 16.0 Å². The lowest BCUT2D eigenvalue weighted by molar-refractivity contribution is -0.138. The highest BCUT2D eigenvalue weighted by Crippen LogP contribution is 2.36. The fraction of sp³-hybridized carbons (Fsp3) is 0.263. The van der Waals surface area contributed by atoms with E-state index in [1.165, 1.54) is 24.1 Å². The predicted octanol–water partition coefficient (Wildman–Crippen LogP) is 2.85. The quantitative estimate of drug-likeness (QED) is 0.863. The zero-order chi connectivity index (χ0) is 19.8. The number of primary amides is 1. The molecule has 2 aromatic carbocycles. The number of alkyl halides is 3. The van der Waals surface area contributed by atoms with Crippen molar-refractivity contribution >= 4 is 17.6 Å². The van der Waals surface area contributed by atoms with Gasteiger partial charge in [-0.3, -0.25) is 4.79 Å². The maximum Gasteiger partial charge on any atom is 0.416 e. The van der Waals surface area contributed by atoms with Gasteiger partial charge >= 0.3 is 12.2 Å². The Hall–Kier alpha value is -3.03. The average molecular weight is 377 g/mol. The smallest absolute Gasteiger partial charge is 0.352 e. The SMILES string of the molecule is CN1C(=O)[C@H](NC(N)=O)Cc2cccc(Cc3ccccc3C(F)(F)F)c21. The van der Waals surface area contributed by atoms with Crippen LogP contribution in [0.5, 0.6) is 0 Å². The molecule has 1 atom stereocenters. The number of halogens is 3. The van der Waals surface area contributed by atoms with Crippen molar-refractivity contribution in [1.29, 1.82) is 0 Å². The number of rotatable bonds is 3. The number of nitrogens with zero attached hydrogens (tertiary/aromatic N) is 1. The number of anilines is 1. The number of nitrogens with one attached hydrogen (secondary N) is 1. The number of carbonyl (C=O) groups excluding carboxylic acids is 2. The summed E-state index contributed by atoms with van der Waals surface area (Å²) in [5.41, 5.74) is 6.50. The van der Waals surface area contributed by atoms with Crippen molar-refractivity contribution in [2.45, 2.75) is 25.1 Å². The maximum atomic E-state index is 13.3. The van der Waals surface area contributed by atoms with Gasteiger partial charge in [0.2, 0.25) is 5.91 Å². The number of urea groups is 1. The number of benzene rings is 2. The molecular formula is C19H18F3N3O2. The van der Waals surface area contributed by atoms with Crippen LogP contribution in [-0.4, -0.2) is 25.0 Å². The van der Waals surface area contributed by atoms with Crippen molar-refractivity contribution in [3.63, 3.8) is 0 Å². The standard InChI is InChI=1S/C19H18F3N3O2/c1-25-16-12(9-11-5-2-3-8-14(11)19(20,21)22)6-4-7-13(16)10-15(17(25)26)24-18(23)27/h2-8,15H,9-10H2,1H3,(H3,23,24,27)/t15-/m1/s1. The van der Waals surface area contributed by atoms with Crippen LogP contribution in [0.2, 0.25) is 0 Å². The van der Waals surface area contributed by atoms with Gasteiger partial charge in [-0.1, -0.05) is 36.4 Å². The van der Waals surface area contributed by atoms with E-state index in [4.69, 9.17) is 5.73 Å².